The predicted molar refractivity (Wildman–Crippen MR) is 100 cm³/mol. The first-order valence-corrected chi connectivity index (χ1v) is 9.31. The number of fused-ring (bicyclic) bond motifs is 1. The van der Waals surface area contributed by atoms with Crippen molar-refractivity contribution in [1.29, 1.82) is 0 Å². The van der Waals surface area contributed by atoms with Gasteiger partial charge in [-0.1, -0.05) is 12.1 Å². The predicted octanol–water partition coefficient (Wildman–Crippen LogP) is 3.18. The van der Waals surface area contributed by atoms with Crippen molar-refractivity contribution in [3.8, 4) is 11.5 Å². The van der Waals surface area contributed by atoms with Crippen LogP contribution >= 0.6 is 0 Å². The Kier molecular flexibility index (Phi) is 5.54. The van der Waals surface area contributed by atoms with Crippen molar-refractivity contribution >= 4 is 11.8 Å². The van der Waals surface area contributed by atoms with Gasteiger partial charge in [0.1, 0.15) is 5.78 Å². The summed E-state index contributed by atoms with van der Waals surface area (Å²) in [7, 11) is 0. The number of carbonyl (C=O) groups excluding carboxylic acids is 2. The van der Waals surface area contributed by atoms with Crippen LogP contribution in [0, 0.1) is 5.92 Å². The molecule has 27 heavy (non-hydrogen) atoms. The van der Waals surface area contributed by atoms with Crippen LogP contribution in [0.5, 0.6) is 11.5 Å². The Morgan fingerprint density at radius 1 is 1.26 bits per heavy atom. The number of ketones is 1. The van der Waals surface area contributed by atoms with Crippen molar-refractivity contribution in [1.82, 2.24) is 5.32 Å². The first-order valence-electron chi connectivity index (χ1n) is 9.31. The molecule has 1 heterocycles. The number of nitrogens with one attached hydrogen (secondary N) is 1. The Morgan fingerprint density at radius 3 is 2.74 bits per heavy atom. The SMILES string of the molecule is CCOC(=O)C1=C(C)NC2=CCCC(=O)C2C1c1ccc(O)c(OCC)c1. The molecule has 0 saturated carbocycles. The largest absolute Gasteiger partial charge is 0.504 e. The zero-order valence-electron chi connectivity index (χ0n) is 15.9. The lowest BCUT2D eigenvalue weighted by atomic mass is 9.71. The Labute approximate surface area is 158 Å². The summed E-state index contributed by atoms with van der Waals surface area (Å²) in [5.41, 5.74) is 2.70. The van der Waals surface area contributed by atoms with E-state index in [1.807, 2.05) is 19.9 Å². The molecule has 6 nitrogen and oxygen atoms in total. The maximum absolute atomic E-state index is 12.8. The fraction of sp³-hybridized carbons (Fsp3) is 0.429. The number of esters is 1. The Balaban J connectivity index is 2.16. The third kappa shape index (κ3) is 3.56. The molecule has 2 atom stereocenters. The third-order valence-electron chi connectivity index (χ3n) is 4.96. The Bertz CT molecular complexity index is 824. The van der Waals surface area contributed by atoms with Gasteiger partial charge >= 0.3 is 5.97 Å². The number of aromatic hydroxyl groups is 1. The summed E-state index contributed by atoms with van der Waals surface area (Å²) in [4.78, 5) is 25.5. The van der Waals surface area contributed by atoms with Gasteiger partial charge in [-0.2, -0.15) is 0 Å². The second kappa shape index (κ2) is 7.86. The first-order chi connectivity index (χ1) is 13.0. The molecule has 1 aromatic carbocycles. The van der Waals surface area contributed by atoms with Gasteiger partial charge < -0.3 is 19.9 Å². The van der Waals surface area contributed by atoms with Crippen LogP contribution in [0.15, 0.2) is 41.2 Å². The van der Waals surface area contributed by atoms with Gasteiger partial charge in [-0.05, 0) is 44.9 Å². The highest BCUT2D eigenvalue weighted by Crippen LogP contribution is 2.45. The van der Waals surface area contributed by atoms with Gasteiger partial charge in [0, 0.05) is 23.7 Å². The summed E-state index contributed by atoms with van der Waals surface area (Å²) in [5, 5.41) is 13.3. The zero-order chi connectivity index (χ0) is 19.6. The lowest BCUT2D eigenvalue weighted by Crippen LogP contribution is -2.40. The van der Waals surface area contributed by atoms with E-state index in [9.17, 15) is 14.7 Å². The highest BCUT2D eigenvalue weighted by molar-refractivity contribution is 5.96. The number of benzene rings is 1. The standard InChI is InChI=1S/C21H25NO5/c1-4-26-17-11-13(9-10-15(17)23)19-18(21(25)27-5-2)12(3)22-14-7-6-8-16(24)20(14)19/h7,9-11,19-20,22-23H,4-6,8H2,1-3H3. The van der Waals surface area contributed by atoms with Crippen molar-refractivity contribution < 1.29 is 24.2 Å². The average molecular weight is 371 g/mol. The number of phenolic OH excluding ortho intramolecular Hbond substituents is 1. The third-order valence-corrected chi connectivity index (χ3v) is 4.96. The van der Waals surface area contributed by atoms with E-state index in [4.69, 9.17) is 9.47 Å². The van der Waals surface area contributed by atoms with Crippen molar-refractivity contribution in [2.24, 2.45) is 5.92 Å². The molecule has 1 aliphatic heterocycles. The quantitative estimate of drug-likeness (QED) is 0.774. The fourth-order valence-electron chi connectivity index (χ4n) is 3.85. The zero-order valence-corrected chi connectivity index (χ0v) is 15.9. The Hall–Kier alpha value is -2.76. The van der Waals surface area contributed by atoms with E-state index in [0.717, 1.165) is 11.3 Å². The molecule has 0 saturated heterocycles. The number of ether oxygens (including phenoxy) is 2. The molecule has 0 aromatic heterocycles. The van der Waals surface area contributed by atoms with E-state index in [2.05, 4.69) is 5.32 Å². The molecule has 1 aliphatic carbocycles. The van der Waals surface area contributed by atoms with E-state index in [1.165, 1.54) is 6.07 Å². The molecule has 2 unspecified atom stereocenters. The molecule has 0 amide bonds. The second-order valence-corrected chi connectivity index (χ2v) is 6.66. The molecule has 0 fully saturated rings. The highest BCUT2D eigenvalue weighted by atomic mass is 16.5. The molecule has 0 radical (unpaired) electrons. The number of Topliss-reactive ketones (excluding diaryl/α,β-unsaturated/α-hetero) is 1. The van der Waals surface area contributed by atoms with E-state index >= 15 is 0 Å². The molecule has 1 aromatic rings. The van der Waals surface area contributed by atoms with E-state index in [1.54, 1.807) is 19.1 Å². The van der Waals surface area contributed by atoms with Gasteiger partial charge in [-0.25, -0.2) is 4.79 Å². The Morgan fingerprint density at radius 2 is 2.04 bits per heavy atom. The van der Waals surface area contributed by atoms with Crippen LogP contribution in [0.25, 0.3) is 0 Å². The minimum atomic E-state index is -0.482. The van der Waals surface area contributed by atoms with Crippen molar-refractivity contribution in [3.63, 3.8) is 0 Å². The first kappa shape index (κ1) is 19.0. The summed E-state index contributed by atoms with van der Waals surface area (Å²) in [5.74, 6) is -0.937. The smallest absolute Gasteiger partial charge is 0.336 e. The number of hydrogen-bond acceptors (Lipinski definition) is 6. The van der Waals surface area contributed by atoms with Crippen LogP contribution in [0.1, 0.15) is 45.1 Å². The van der Waals surface area contributed by atoms with Gasteiger partial charge in [0.15, 0.2) is 11.5 Å². The van der Waals surface area contributed by atoms with Crippen LogP contribution in [0.4, 0.5) is 0 Å². The number of allylic oxidation sites excluding steroid dienone is 3. The van der Waals surface area contributed by atoms with E-state index in [-0.39, 0.29) is 18.1 Å². The number of phenols is 1. The molecule has 0 spiro atoms. The molecule has 144 valence electrons. The number of carbonyl (C=O) groups is 2. The number of rotatable bonds is 5. The van der Waals surface area contributed by atoms with Crippen molar-refractivity contribution in [2.45, 2.75) is 39.5 Å². The second-order valence-electron chi connectivity index (χ2n) is 6.66. The average Bonchev–Trinajstić information content (AvgIpc) is 2.63. The lowest BCUT2D eigenvalue weighted by Gasteiger charge is -2.38. The highest BCUT2D eigenvalue weighted by Gasteiger charge is 2.43. The topological polar surface area (TPSA) is 84.9 Å². The maximum Gasteiger partial charge on any atom is 0.336 e. The minimum Gasteiger partial charge on any atom is -0.504 e. The summed E-state index contributed by atoms with van der Waals surface area (Å²) in [6, 6.07) is 4.98. The maximum atomic E-state index is 12.8. The summed E-state index contributed by atoms with van der Waals surface area (Å²) in [6.07, 6.45) is 3.15. The lowest BCUT2D eigenvalue weighted by molar-refractivity contribution is -0.139. The van der Waals surface area contributed by atoms with Gasteiger partial charge in [0.2, 0.25) is 0 Å². The fourth-order valence-corrected chi connectivity index (χ4v) is 3.85. The van der Waals surface area contributed by atoms with E-state index < -0.39 is 17.8 Å². The van der Waals surface area contributed by atoms with Crippen molar-refractivity contribution in [2.75, 3.05) is 13.2 Å². The van der Waals surface area contributed by atoms with Gasteiger partial charge in [0.05, 0.1) is 24.7 Å². The van der Waals surface area contributed by atoms with Crippen LogP contribution in [-0.4, -0.2) is 30.1 Å². The van der Waals surface area contributed by atoms with Crippen LogP contribution < -0.4 is 10.1 Å². The summed E-state index contributed by atoms with van der Waals surface area (Å²) < 4.78 is 10.8. The molecule has 6 heteroatoms. The molecule has 2 aliphatic rings. The molecular weight excluding hydrogens is 346 g/mol. The number of hydrogen-bond donors (Lipinski definition) is 2. The van der Waals surface area contributed by atoms with Crippen LogP contribution in [0.3, 0.4) is 0 Å². The molecule has 3 rings (SSSR count). The van der Waals surface area contributed by atoms with Gasteiger partial charge in [-0.15, -0.1) is 0 Å². The normalized spacial score (nSPS) is 21.9. The van der Waals surface area contributed by atoms with E-state index in [0.29, 0.717) is 36.5 Å². The van der Waals surface area contributed by atoms with Crippen LogP contribution in [0.2, 0.25) is 0 Å². The molecule has 0 bridgehead atoms. The summed E-state index contributed by atoms with van der Waals surface area (Å²) in [6.45, 7) is 6.05. The van der Waals surface area contributed by atoms with Crippen molar-refractivity contribution in [3.05, 3.63) is 46.8 Å². The van der Waals surface area contributed by atoms with Gasteiger partial charge in [0.25, 0.3) is 0 Å². The minimum absolute atomic E-state index is 0.0265. The summed E-state index contributed by atoms with van der Waals surface area (Å²) >= 11 is 0. The molecular formula is C21H25NO5. The monoisotopic (exact) mass is 371 g/mol. The molecule has 2 N–H and O–H groups in total. The van der Waals surface area contributed by atoms with Gasteiger partial charge in [-0.3, -0.25) is 4.79 Å². The van der Waals surface area contributed by atoms with Crippen LogP contribution in [-0.2, 0) is 14.3 Å².